The zero-order valence-electron chi connectivity index (χ0n) is 13.2. The molecule has 2 aromatic rings. The molecule has 0 amide bonds. The molecule has 1 N–H and O–H groups in total. The molecule has 0 saturated heterocycles. The molecule has 3 rings (SSSR count). The van der Waals surface area contributed by atoms with Crippen molar-refractivity contribution >= 4 is 10.9 Å². The third-order valence-corrected chi connectivity index (χ3v) is 4.67. The molecule has 1 aromatic heterocycles. The smallest absolute Gasteiger partial charge is 0.123 e. The van der Waals surface area contributed by atoms with Crippen LogP contribution in [0.25, 0.3) is 10.9 Å². The molecule has 1 fully saturated rings. The first-order valence-electron chi connectivity index (χ1n) is 7.97. The summed E-state index contributed by atoms with van der Waals surface area (Å²) in [6.45, 7) is 2.18. The van der Waals surface area contributed by atoms with E-state index in [-0.39, 0.29) is 0 Å². The van der Waals surface area contributed by atoms with Crippen LogP contribution in [-0.4, -0.2) is 41.3 Å². The first-order chi connectivity index (χ1) is 10.2. The molecule has 1 aliphatic carbocycles. The van der Waals surface area contributed by atoms with E-state index < -0.39 is 0 Å². The van der Waals surface area contributed by atoms with Gasteiger partial charge in [0.25, 0.3) is 0 Å². The molecule has 0 bridgehead atoms. The van der Waals surface area contributed by atoms with E-state index in [4.69, 9.17) is 4.74 Å². The lowest BCUT2D eigenvalue weighted by Gasteiger charge is -2.33. The van der Waals surface area contributed by atoms with Crippen molar-refractivity contribution in [3.8, 4) is 5.75 Å². The quantitative estimate of drug-likeness (QED) is 0.937. The van der Waals surface area contributed by atoms with Gasteiger partial charge < -0.3 is 9.64 Å². The molecule has 0 spiro atoms. The molecule has 1 saturated carbocycles. The summed E-state index contributed by atoms with van der Waals surface area (Å²) in [6, 6.07) is 4.81. The van der Waals surface area contributed by atoms with E-state index >= 15 is 0 Å². The first kappa shape index (κ1) is 14.4. The molecule has 2 atom stereocenters. The highest BCUT2D eigenvalue weighted by atomic mass is 16.5. The van der Waals surface area contributed by atoms with Gasteiger partial charge in [-0.3, -0.25) is 5.10 Å². The lowest BCUT2D eigenvalue weighted by molar-refractivity contribution is 0.0997. The zero-order chi connectivity index (χ0) is 14.8. The maximum absolute atomic E-state index is 6.37. The average Bonchev–Trinajstić information content (AvgIpc) is 2.96. The van der Waals surface area contributed by atoms with E-state index in [1.165, 1.54) is 23.8 Å². The van der Waals surface area contributed by atoms with Crippen molar-refractivity contribution in [1.29, 1.82) is 0 Å². The molecular formula is C17H25N3O. The number of fused-ring (bicyclic) bond motifs is 1. The summed E-state index contributed by atoms with van der Waals surface area (Å²) in [4.78, 5) is 2.33. The fourth-order valence-electron chi connectivity index (χ4n) is 3.41. The molecule has 1 aliphatic rings. The van der Waals surface area contributed by atoms with Crippen LogP contribution in [0.2, 0.25) is 0 Å². The van der Waals surface area contributed by atoms with Gasteiger partial charge in [0.05, 0.1) is 11.7 Å². The van der Waals surface area contributed by atoms with Gasteiger partial charge in [0.2, 0.25) is 0 Å². The van der Waals surface area contributed by atoms with Crippen LogP contribution in [0.5, 0.6) is 5.75 Å². The van der Waals surface area contributed by atoms with Gasteiger partial charge in [-0.1, -0.05) is 6.92 Å². The second-order valence-electron chi connectivity index (χ2n) is 6.25. The molecular weight excluding hydrogens is 262 g/mol. The third kappa shape index (κ3) is 2.91. The van der Waals surface area contributed by atoms with Gasteiger partial charge in [-0.05, 0) is 58.3 Å². The summed E-state index contributed by atoms with van der Waals surface area (Å²) >= 11 is 0. The van der Waals surface area contributed by atoms with E-state index in [1.54, 1.807) is 0 Å². The summed E-state index contributed by atoms with van der Waals surface area (Å²) in [6.07, 6.45) is 8.04. The monoisotopic (exact) mass is 287 g/mol. The summed E-state index contributed by atoms with van der Waals surface area (Å²) in [7, 11) is 4.34. The van der Waals surface area contributed by atoms with Crippen LogP contribution in [-0.2, 0) is 6.42 Å². The van der Waals surface area contributed by atoms with Gasteiger partial charge in [0.15, 0.2) is 0 Å². The highest BCUT2D eigenvalue weighted by molar-refractivity contribution is 5.84. The van der Waals surface area contributed by atoms with Crippen LogP contribution in [0.15, 0.2) is 18.3 Å². The Bertz CT molecular complexity index is 605. The fourth-order valence-corrected chi connectivity index (χ4v) is 3.41. The molecule has 1 aromatic carbocycles. The van der Waals surface area contributed by atoms with Gasteiger partial charge in [-0.2, -0.15) is 5.10 Å². The van der Waals surface area contributed by atoms with Gasteiger partial charge >= 0.3 is 0 Å². The largest absolute Gasteiger partial charge is 0.490 e. The maximum atomic E-state index is 6.37. The highest BCUT2D eigenvalue weighted by Gasteiger charge is 2.25. The van der Waals surface area contributed by atoms with Crippen LogP contribution in [0.3, 0.4) is 0 Å². The van der Waals surface area contributed by atoms with Gasteiger partial charge in [-0.15, -0.1) is 0 Å². The SMILES string of the molecule is CCc1c(O[C@@H]2CCC[C@@H](N(C)C)C2)ccc2[nH]ncc12. The number of nitrogens with zero attached hydrogens (tertiary/aromatic N) is 2. The number of aromatic amines is 1. The maximum Gasteiger partial charge on any atom is 0.123 e. The van der Waals surface area contributed by atoms with E-state index in [0.717, 1.165) is 30.5 Å². The van der Waals surface area contributed by atoms with Crippen LogP contribution in [0.4, 0.5) is 0 Å². The van der Waals surface area contributed by atoms with Gasteiger partial charge in [-0.25, -0.2) is 0 Å². The molecule has 114 valence electrons. The van der Waals surface area contributed by atoms with Crippen molar-refractivity contribution in [2.45, 2.75) is 51.2 Å². The van der Waals surface area contributed by atoms with E-state index in [0.29, 0.717) is 12.1 Å². The number of hydrogen-bond donors (Lipinski definition) is 1. The Hall–Kier alpha value is -1.55. The Morgan fingerprint density at radius 2 is 2.19 bits per heavy atom. The summed E-state index contributed by atoms with van der Waals surface area (Å²) in [5.74, 6) is 1.04. The lowest BCUT2D eigenvalue weighted by Crippen LogP contribution is -2.37. The molecule has 4 nitrogen and oxygen atoms in total. The van der Waals surface area contributed by atoms with Crippen molar-refractivity contribution in [2.24, 2.45) is 0 Å². The number of hydrogen-bond acceptors (Lipinski definition) is 3. The molecule has 4 heteroatoms. The van der Waals surface area contributed by atoms with Crippen LogP contribution < -0.4 is 4.74 Å². The predicted octanol–water partition coefficient (Wildman–Crippen LogP) is 3.38. The normalized spacial score (nSPS) is 22.9. The minimum atomic E-state index is 0.334. The highest BCUT2D eigenvalue weighted by Crippen LogP contribution is 2.31. The zero-order valence-corrected chi connectivity index (χ0v) is 13.2. The van der Waals surface area contributed by atoms with Crippen molar-refractivity contribution in [3.05, 3.63) is 23.9 Å². The van der Waals surface area contributed by atoms with E-state index in [9.17, 15) is 0 Å². The Labute approximate surface area is 126 Å². The Balaban J connectivity index is 1.81. The molecule has 0 aliphatic heterocycles. The number of H-pyrrole nitrogens is 1. The molecule has 21 heavy (non-hydrogen) atoms. The fraction of sp³-hybridized carbons (Fsp3) is 0.588. The first-order valence-corrected chi connectivity index (χ1v) is 7.97. The number of aromatic nitrogens is 2. The van der Waals surface area contributed by atoms with Crippen molar-refractivity contribution < 1.29 is 4.74 Å². The van der Waals surface area contributed by atoms with Crippen molar-refractivity contribution in [3.63, 3.8) is 0 Å². The topological polar surface area (TPSA) is 41.1 Å². The van der Waals surface area contributed by atoms with Crippen molar-refractivity contribution in [2.75, 3.05) is 14.1 Å². The molecule has 0 unspecified atom stereocenters. The second-order valence-corrected chi connectivity index (χ2v) is 6.25. The third-order valence-electron chi connectivity index (χ3n) is 4.67. The molecule has 0 radical (unpaired) electrons. The minimum absolute atomic E-state index is 0.334. The number of rotatable bonds is 4. The van der Waals surface area contributed by atoms with Crippen LogP contribution in [0.1, 0.15) is 38.2 Å². The Morgan fingerprint density at radius 1 is 1.33 bits per heavy atom. The van der Waals surface area contributed by atoms with Crippen LogP contribution >= 0.6 is 0 Å². The lowest BCUT2D eigenvalue weighted by atomic mass is 9.92. The average molecular weight is 287 g/mol. The Morgan fingerprint density at radius 3 is 2.95 bits per heavy atom. The number of nitrogens with one attached hydrogen (secondary N) is 1. The number of ether oxygens (including phenoxy) is 1. The standard InChI is InChI=1S/C17H25N3O/c1-4-14-15-11-18-19-16(15)8-9-17(14)21-13-7-5-6-12(10-13)20(2)3/h8-9,11-13H,4-7,10H2,1-3H3,(H,18,19)/t12-,13-/m1/s1. The number of aryl methyl sites for hydroxylation is 1. The Kier molecular flexibility index (Phi) is 4.15. The van der Waals surface area contributed by atoms with Crippen LogP contribution in [0, 0.1) is 0 Å². The van der Waals surface area contributed by atoms with E-state index in [1.807, 2.05) is 6.20 Å². The van der Waals surface area contributed by atoms with E-state index in [2.05, 4.69) is 48.2 Å². The second kappa shape index (κ2) is 6.06. The molecule has 1 heterocycles. The summed E-state index contributed by atoms with van der Waals surface area (Å²) in [5.41, 5.74) is 2.36. The summed E-state index contributed by atoms with van der Waals surface area (Å²) < 4.78 is 6.37. The van der Waals surface area contributed by atoms with Crippen molar-refractivity contribution in [1.82, 2.24) is 15.1 Å². The summed E-state index contributed by atoms with van der Waals surface area (Å²) in [5, 5.41) is 8.37. The van der Waals surface area contributed by atoms with Gasteiger partial charge in [0.1, 0.15) is 11.9 Å². The van der Waals surface area contributed by atoms with Gasteiger partial charge in [0, 0.05) is 17.0 Å². The number of benzene rings is 1. The minimum Gasteiger partial charge on any atom is -0.490 e. The predicted molar refractivity (Wildman–Crippen MR) is 85.8 cm³/mol.